The minimum atomic E-state index is -1.46. The van der Waals surface area contributed by atoms with E-state index in [0.717, 1.165) is 55.0 Å². The maximum atomic E-state index is 13.7. The van der Waals surface area contributed by atoms with E-state index in [-0.39, 0.29) is 22.7 Å². The molecule has 0 saturated heterocycles. The first kappa shape index (κ1) is 31.3. The number of nitrogens with zero attached hydrogens (tertiary/aromatic N) is 2. The molecule has 0 atom stereocenters. The Morgan fingerprint density at radius 1 is 0.472 bits per heavy atom. The molecule has 2 aliphatic heterocycles. The number of aryl methyl sites for hydroxylation is 1. The van der Waals surface area contributed by atoms with Gasteiger partial charge in [-0.3, -0.25) is 0 Å². The van der Waals surface area contributed by atoms with Crippen LogP contribution in [0.3, 0.4) is 0 Å². The third kappa shape index (κ3) is 4.70. The van der Waals surface area contributed by atoms with Crippen LogP contribution in [0.15, 0.2) is 145 Å². The first-order valence-electron chi connectivity index (χ1n) is 17.8. The van der Waals surface area contributed by atoms with Gasteiger partial charge < -0.3 is 18.6 Å². The van der Waals surface area contributed by atoms with Crippen molar-refractivity contribution in [3.8, 4) is 11.4 Å². The van der Waals surface area contributed by atoms with Gasteiger partial charge in [0.25, 0.3) is 0 Å². The lowest BCUT2D eigenvalue weighted by Crippen LogP contribution is -2.37. The molecular weight excluding hydrogens is 673 g/mol. The van der Waals surface area contributed by atoms with Crippen LogP contribution in [0, 0.1) is 6.92 Å². The highest BCUT2D eigenvalue weighted by Crippen LogP contribution is 2.45. The van der Waals surface area contributed by atoms with Crippen LogP contribution in [0.5, 0.6) is 0 Å². The minimum absolute atomic E-state index is 0.164. The van der Waals surface area contributed by atoms with Crippen LogP contribution in [-0.4, -0.2) is 29.1 Å². The Balaban J connectivity index is 1.11. The van der Waals surface area contributed by atoms with E-state index in [4.69, 9.17) is 9.47 Å². The number of carbonyl (C=O) groups excluding carboxylic acids is 2. The van der Waals surface area contributed by atoms with Gasteiger partial charge in [0.05, 0.1) is 30.1 Å². The van der Waals surface area contributed by atoms with Gasteiger partial charge in [-0.1, -0.05) is 91.1 Å². The number of hydrogen-bond donors (Lipinski definition) is 0. The molecule has 0 spiro atoms. The van der Waals surface area contributed by atoms with Gasteiger partial charge in [-0.25, -0.2) is 9.59 Å². The molecule has 0 saturated carbocycles. The lowest BCUT2D eigenvalue weighted by molar-refractivity contribution is -0.131. The van der Waals surface area contributed by atoms with Gasteiger partial charge >= 0.3 is 11.9 Å². The Labute approximate surface area is 306 Å². The minimum Gasteiger partial charge on any atom is -0.421 e. The highest BCUT2D eigenvalue weighted by molar-refractivity contribution is 6.88. The van der Waals surface area contributed by atoms with Gasteiger partial charge in [0.15, 0.2) is 11.5 Å². The van der Waals surface area contributed by atoms with Crippen molar-refractivity contribution in [1.82, 2.24) is 9.13 Å². The van der Waals surface area contributed by atoms with Crippen molar-refractivity contribution in [1.29, 1.82) is 0 Å². The summed E-state index contributed by atoms with van der Waals surface area (Å²) < 4.78 is 16.4. The SMILES string of the molecule is Cc1ccc(-n2c3ccccc3c3cc(C4=C5C(=O)OC(c6ccc7c(c6)c6ccccc6n7-c6ccc([Si](C)(C)C)cc6)=C5C(=O)O4)ccc32)cc1. The molecule has 4 heterocycles. The van der Waals surface area contributed by atoms with Gasteiger partial charge in [0.1, 0.15) is 11.1 Å². The van der Waals surface area contributed by atoms with Crippen LogP contribution < -0.4 is 5.19 Å². The molecule has 256 valence electrons. The zero-order valence-electron chi connectivity index (χ0n) is 29.7. The van der Waals surface area contributed by atoms with Crippen molar-refractivity contribution in [2.45, 2.75) is 26.6 Å². The van der Waals surface area contributed by atoms with Crippen LogP contribution in [0.1, 0.15) is 16.7 Å². The maximum absolute atomic E-state index is 13.7. The summed E-state index contributed by atoms with van der Waals surface area (Å²) in [7, 11) is -1.46. The van der Waals surface area contributed by atoms with Crippen molar-refractivity contribution in [3.05, 3.63) is 161 Å². The third-order valence-electron chi connectivity index (χ3n) is 10.7. The van der Waals surface area contributed by atoms with Crippen LogP contribution in [-0.2, 0) is 19.1 Å². The highest BCUT2D eigenvalue weighted by Gasteiger charge is 2.45. The Morgan fingerprint density at radius 2 is 0.887 bits per heavy atom. The maximum Gasteiger partial charge on any atom is 0.348 e. The summed E-state index contributed by atoms with van der Waals surface area (Å²) in [6.07, 6.45) is 0. The normalized spacial score (nSPS) is 14.6. The van der Waals surface area contributed by atoms with E-state index in [0.29, 0.717) is 11.1 Å². The van der Waals surface area contributed by atoms with Crippen LogP contribution in [0.2, 0.25) is 19.6 Å². The number of para-hydroxylation sites is 2. The van der Waals surface area contributed by atoms with Crippen LogP contribution >= 0.6 is 0 Å². The topological polar surface area (TPSA) is 62.5 Å². The third-order valence-corrected chi connectivity index (χ3v) is 12.7. The quantitative estimate of drug-likeness (QED) is 0.132. The van der Waals surface area contributed by atoms with Crippen molar-refractivity contribution in [3.63, 3.8) is 0 Å². The fraction of sp³-hybridized carbons (Fsp3) is 0.0870. The molecule has 53 heavy (non-hydrogen) atoms. The molecule has 0 fully saturated rings. The number of cyclic esters (lactones) is 2. The zero-order valence-corrected chi connectivity index (χ0v) is 30.7. The first-order valence-corrected chi connectivity index (χ1v) is 21.3. The fourth-order valence-electron chi connectivity index (χ4n) is 8.00. The van der Waals surface area contributed by atoms with E-state index in [1.54, 1.807) is 0 Å². The number of esters is 2. The summed E-state index contributed by atoms with van der Waals surface area (Å²) in [5, 5.41) is 5.52. The molecule has 8 aromatic rings. The van der Waals surface area contributed by atoms with Crippen molar-refractivity contribution >= 4 is 80.3 Å². The number of ether oxygens (including phenoxy) is 2. The monoisotopic (exact) mass is 706 g/mol. The number of fused-ring (bicyclic) bond motifs is 7. The second-order valence-electron chi connectivity index (χ2n) is 15.0. The van der Waals surface area contributed by atoms with E-state index in [1.807, 2.05) is 60.7 Å². The predicted octanol–water partition coefficient (Wildman–Crippen LogP) is 9.97. The standard InChI is InChI=1S/C46H34N2O4Si/c1-27-13-17-30(18-14-27)47-37-11-7-5-9-33(37)35-25-28(15-23-39(35)47)43-41-42(46(50)51-43)44(52-45(41)49)29-16-24-40-36(26-29)34-10-6-8-12-38(34)48(40)31-19-21-32(22-20-31)53(2,3)4/h5-26H,1-4H3. The molecule has 0 amide bonds. The highest BCUT2D eigenvalue weighted by atomic mass is 28.3. The Morgan fingerprint density at radius 3 is 1.34 bits per heavy atom. The molecule has 0 bridgehead atoms. The Kier molecular flexibility index (Phi) is 6.66. The number of rotatable bonds is 5. The molecule has 0 radical (unpaired) electrons. The second-order valence-corrected chi connectivity index (χ2v) is 20.1. The van der Waals surface area contributed by atoms with Gasteiger partial charge in [-0.15, -0.1) is 0 Å². The summed E-state index contributed by atoms with van der Waals surface area (Å²) in [5.74, 6) is -0.745. The van der Waals surface area contributed by atoms with Gasteiger partial charge in [-0.05, 0) is 79.7 Å². The fourth-order valence-corrected chi connectivity index (χ4v) is 9.17. The number of hydrogen-bond acceptors (Lipinski definition) is 4. The molecule has 7 heteroatoms. The molecule has 0 N–H and O–H groups in total. The molecular formula is C46H34N2O4Si. The molecule has 10 rings (SSSR count). The first-order chi connectivity index (χ1) is 25.7. The van der Waals surface area contributed by atoms with Crippen molar-refractivity contribution in [2.24, 2.45) is 0 Å². The summed E-state index contributed by atoms with van der Waals surface area (Å²) in [4.78, 5) is 27.3. The summed E-state index contributed by atoms with van der Waals surface area (Å²) in [6, 6.07) is 45.8. The van der Waals surface area contributed by atoms with E-state index in [1.165, 1.54) is 10.8 Å². The molecule has 2 aliphatic rings. The van der Waals surface area contributed by atoms with E-state index in [2.05, 4.69) is 108 Å². The van der Waals surface area contributed by atoms with Crippen LogP contribution in [0.4, 0.5) is 0 Å². The average molecular weight is 707 g/mol. The Bertz CT molecular complexity index is 2950. The Hall–Kier alpha value is -6.44. The molecule has 0 unspecified atom stereocenters. The van der Waals surface area contributed by atoms with E-state index < -0.39 is 20.0 Å². The van der Waals surface area contributed by atoms with E-state index >= 15 is 0 Å². The molecule has 6 nitrogen and oxygen atoms in total. The predicted molar refractivity (Wildman–Crippen MR) is 215 cm³/mol. The van der Waals surface area contributed by atoms with Gasteiger partial charge in [-0.2, -0.15) is 0 Å². The zero-order chi connectivity index (χ0) is 36.2. The van der Waals surface area contributed by atoms with Gasteiger partial charge in [0.2, 0.25) is 0 Å². The number of aromatic nitrogens is 2. The summed E-state index contributed by atoms with van der Waals surface area (Å²) in [5.41, 5.74) is 9.10. The largest absolute Gasteiger partial charge is 0.421 e. The molecule has 2 aromatic heterocycles. The van der Waals surface area contributed by atoms with Crippen molar-refractivity contribution in [2.75, 3.05) is 0 Å². The smallest absolute Gasteiger partial charge is 0.348 e. The average Bonchev–Trinajstić information content (AvgIpc) is 3.89. The van der Waals surface area contributed by atoms with Crippen molar-refractivity contribution < 1.29 is 19.1 Å². The van der Waals surface area contributed by atoms with Crippen LogP contribution in [0.25, 0.3) is 66.5 Å². The number of carbonyl (C=O) groups is 2. The second kappa shape index (κ2) is 11.3. The lowest BCUT2D eigenvalue weighted by Gasteiger charge is -2.17. The molecule has 0 aliphatic carbocycles. The molecule has 6 aromatic carbocycles. The van der Waals surface area contributed by atoms with Gasteiger partial charge in [0, 0.05) is 44.0 Å². The number of benzene rings is 6. The summed E-state index contributed by atoms with van der Waals surface area (Å²) in [6.45, 7) is 9.13. The van der Waals surface area contributed by atoms with E-state index in [9.17, 15) is 9.59 Å². The summed E-state index contributed by atoms with van der Waals surface area (Å²) >= 11 is 0. The lowest BCUT2D eigenvalue weighted by atomic mass is 10.00.